The number of aromatic nitrogens is 1. The summed E-state index contributed by atoms with van der Waals surface area (Å²) >= 11 is 0. The van der Waals surface area contributed by atoms with Crippen molar-refractivity contribution in [3.05, 3.63) is 28.7 Å². The average molecular weight is 285 g/mol. The first kappa shape index (κ1) is 13.8. The summed E-state index contributed by atoms with van der Waals surface area (Å²) in [6.07, 6.45) is 3.01. The molecule has 1 aliphatic carbocycles. The molecule has 0 bridgehead atoms. The minimum absolute atomic E-state index is 0.0474. The van der Waals surface area contributed by atoms with E-state index in [1.165, 1.54) is 13.1 Å². The first-order valence-electron chi connectivity index (χ1n) is 5.84. The summed E-state index contributed by atoms with van der Waals surface area (Å²) in [5.41, 5.74) is -0.381. The molecule has 7 nitrogen and oxygen atoms in total. The second-order valence-corrected chi connectivity index (χ2v) is 6.54. The highest BCUT2D eigenvalue weighted by molar-refractivity contribution is 7.89. The van der Waals surface area contributed by atoms with Crippen molar-refractivity contribution < 1.29 is 13.2 Å². The molecule has 0 spiro atoms. The van der Waals surface area contributed by atoms with Gasteiger partial charge in [-0.15, -0.1) is 0 Å². The quantitative estimate of drug-likeness (QED) is 0.745. The topological polar surface area (TPSA) is 99.3 Å². The zero-order chi connectivity index (χ0) is 14.0. The fourth-order valence-corrected chi connectivity index (χ4v) is 2.62. The molecular formula is C11H15N3O4S. The summed E-state index contributed by atoms with van der Waals surface area (Å²) in [6.45, 7) is -0.238. The van der Waals surface area contributed by atoms with Crippen molar-refractivity contribution in [2.75, 3.05) is 13.6 Å². The fourth-order valence-electron chi connectivity index (χ4n) is 1.52. The Morgan fingerprint density at radius 2 is 2.16 bits per heavy atom. The number of pyridine rings is 1. The molecule has 0 aromatic carbocycles. The summed E-state index contributed by atoms with van der Waals surface area (Å²) in [6, 6.07) is 2.53. The summed E-state index contributed by atoms with van der Waals surface area (Å²) < 4.78 is 25.2. The Balaban J connectivity index is 2.07. The monoisotopic (exact) mass is 285 g/mol. The smallest absolute Gasteiger partial charge is 0.247 e. The van der Waals surface area contributed by atoms with E-state index in [2.05, 4.69) is 10.3 Å². The molecule has 0 atom stereocenters. The predicted molar refractivity (Wildman–Crippen MR) is 68.0 cm³/mol. The molecule has 0 aliphatic heterocycles. The van der Waals surface area contributed by atoms with E-state index in [0.717, 1.165) is 29.4 Å². The number of aromatic amines is 1. The van der Waals surface area contributed by atoms with Gasteiger partial charge in [0, 0.05) is 25.4 Å². The third-order valence-corrected chi connectivity index (χ3v) is 4.57. The summed E-state index contributed by atoms with van der Waals surface area (Å²) in [4.78, 5) is 24.7. The molecular weight excluding hydrogens is 270 g/mol. The van der Waals surface area contributed by atoms with E-state index in [-0.39, 0.29) is 28.9 Å². The van der Waals surface area contributed by atoms with E-state index in [1.807, 2.05) is 0 Å². The Bertz CT molecular complexity index is 613. The molecule has 0 unspecified atom stereocenters. The number of nitrogens with zero attached hydrogens (tertiary/aromatic N) is 1. The van der Waals surface area contributed by atoms with Crippen molar-refractivity contribution in [3.63, 3.8) is 0 Å². The molecule has 1 aromatic rings. The van der Waals surface area contributed by atoms with Gasteiger partial charge in [0.25, 0.3) is 0 Å². The molecule has 1 heterocycles. The van der Waals surface area contributed by atoms with E-state index in [0.29, 0.717) is 0 Å². The number of nitrogens with one attached hydrogen (secondary N) is 2. The van der Waals surface area contributed by atoms with E-state index in [9.17, 15) is 18.0 Å². The van der Waals surface area contributed by atoms with Gasteiger partial charge in [-0.25, -0.2) is 8.42 Å². The second-order valence-electron chi connectivity index (χ2n) is 4.49. The van der Waals surface area contributed by atoms with Crippen molar-refractivity contribution in [1.82, 2.24) is 14.6 Å². The van der Waals surface area contributed by atoms with Gasteiger partial charge in [0.1, 0.15) is 0 Å². The van der Waals surface area contributed by atoms with Gasteiger partial charge in [0.2, 0.25) is 21.5 Å². The number of carbonyl (C=O) groups excluding carboxylic acids is 1. The number of sulfonamides is 1. The van der Waals surface area contributed by atoms with Gasteiger partial charge in [-0.2, -0.15) is 4.31 Å². The molecule has 2 N–H and O–H groups in total. The molecule has 104 valence electrons. The number of hydrogen-bond acceptors (Lipinski definition) is 4. The van der Waals surface area contributed by atoms with Crippen LogP contribution in [0.5, 0.6) is 0 Å². The Hall–Kier alpha value is -1.67. The minimum Gasteiger partial charge on any atom is -0.352 e. The molecule has 1 aromatic heterocycles. The van der Waals surface area contributed by atoms with E-state index < -0.39 is 10.0 Å². The Labute approximate surface area is 110 Å². The van der Waals surface area contributed by atoms with Crippen LogP contribution in [0, 0.1) is 0 Å². The van der Waals surface area contributed by atoms with Gasteiger partial charge in [-0.05, 0) is 18.9 Å². The maximum atomic E-state index is 12.1. The Morgan fingerprint density at radius 3 is 2.68 bits per heavy atom. The fraction of sp³-hybridized carbons (Fsp3) is 0.455. The maximum Gasteiger partial charge on any atom is 0.247 e. The third-order valence-electron chi connectivity index (χ3n) is 2.77. The lowest BCUT2D eigenvalue weighted by Crippen LogP contribution is -2.39. The number of hydrogen-bond donors (Lipinski definition) is 2. The van der Waals surface area contributed by atoms with Crippen LogP contribution >= 0.6 is 0 Å². The van der Waals surface area contributed by atoms with E-state index in [1.54, 1.807) is 0 Å². The standard InChI is InChI=1S/C11H15N3O4S/c1-14(7-11(16)13-8-2-3-8)19(17,18)9-4-5-10(15)12-6-9/h4-6,8H,2-3,7H2,1H3,(H,12,15)(H,13,16). The largest absolute Gasteiger partial charge is 0.352 e. The highest BCUT2D eigenvalue weighted by Crippen LogP contribution is 2.18. The Morgan fingerprint density at radius 1 is 1.47 bits per heavy atom. The van der Waals surface area contributed by atoms with Crippen LogP contribution in [0.25, 0.3) is 0 Å². The van der Waals surface area contributed by atoms with E-state index >= 15 is 0 Å². The van der Waals surface area contributed by atoms with Crippen LogP contribution in [-0.2, 0) is 14.8 Å². The van der Waals surface area contributed by atoms with Gasteiger partial charge in [-0.1, -0.05) is 0 Å². The van der Waals surface area contributed by atoms with Crippen LogP contribution in [0.2, 0.25) is 0 Å². The van der Waals surface area contributed by atoms with Crippen LogP contribution in [-0.4, -0.2) is 43.2 Å². The first-order valence-corrected chi connectivity index (χ1v) is 7.28. The van der Waals surface area contributed by atoms with Gasteiger partial charge < -0.3 is 10.3 Å². The number of likely N-dealkylation sites (N-methyl/N-ethyl adjacent to an activating group) is 1. The van der Waals surface area contributed by atoms with Crippen LogP contribution in [0.3, 0.4) is 0 Å². The van der Waals surface area contributed by atoms with Crippen molar-refractivity contribution in [2.24, 2.45) is 0 Å². The number of amides is 1. The molecule has 0 saturated heterocycles. The van der Waals surface area contributed by atoms with Crippen LogP contribution in [0.1, 0.15) is 12.8 Å². The Kier molecular flexibility index (Phi) is 3.72. The number of H-pyrrole nitrogens is 1. The van der Waals surface area contributed by atoms with Gasteiger partial charge in [0.05, 0.1) is 11.4 Å². The van der Waals surface area contributed by atoms with Crippen molar-refractivity contribution in [3.8, 4) is 0 Å². The lowest BCUT2D eigenvalue weighted by Gasteiger charge is -2.16. The highest BCUT2D eigenvalue weighted by atomic mass is 32.2. The zero-order valence-electron chi connectivity index (χ0n) is 10.4. The highest BCUT2D eigenvalue weighted by Gasteiger charge is 2.27. The predicted octanol–water partition coefficient (Wildman–Crippen LogP) is -0.726. The van der Waals surface area contributed by atoms with Crippen molar-refractivity contribution in [2.45, 2.75) is 23.8 Å². The van der Waals surface area contributed by atoms with Crippen molar-refractivity contribution in [1.29, 1.82) is 0 Å². The van der Waals surface area contributed by atoms with Gasteiger partial charge in [0.15, 0.2) is 0 Å². The summed E-state index contributed by atoms with van der Waals surface area (Å²) in [5.74, 6) is -0.321. The molecule has 0 radical (unpaired) electrons. The normalized spacial score (nSPS) is 15.5. The summed E-state index contributed by atoms with van der Waals surface area (Å²) in [5, 5.41) is 2.71. The molecule has 1 fully saturated rings. The molecule has 1 saturated carbocycles. The van der Waals surface area contributed by atoms with Crippen LogP contribution < -0.4 is 10.9 Å². The van der Waals surface area contributed by atoms with Gasteiger partial charge >= 0.3 is 0 Å². The molecule has 8 heteroatoms. The maximum absolute atomic E-state index is 12.1. The van der Waals surface area contributed by atoms with E-state index in [4.69, 9.17) is 0 Å². The zero-order valence-corrected chi connectivity index (χ0v) is 11.2. The average Bonchev–Trinajstić information content (AvgIpc) is 3.13. The molecule has 1 amide bonds. The lowest BCUT2D eigenvalue weighted by molar-refractivity contribution is -0.121. The number of carbonyl (C=O) groups is 1. The molecule has 19 heavy (non-hydrogen) atoms. The third kappa shape index (κ3) is 3.42. The number of rotatable bonds is 5. The second kappa shape index (κ2) is 5.14. The van der Waals surface area contributed by atoms with Crippen LogP contribution in [0.15, 0.2) is 28.0 Å². The lowest BCUT2D eigenvalue weighted by atomic mass is 10.5. The minimum atomic E-state index is -3.76. The SMILES string of the molecule is CN(CC(=O)NC1CC1)S(=O)(=O)c1ccc(=O)[nH]c1. The van der Waals surface area contributed by atoms with Gasteiger partial charge in [-0.3, -0.25) is 9.59 Å². The van der Waals surface area contributed by atoms with Crippen molar-refractivity contribution >= 4 is 15.9 Å². The first-order chi connectivity index (χ1) is 8.89. The molecule has 1 aliphatic rings. The molecule has 2 rings (SSSR count). The summed E-state index contributed by atoms with van der Waals surface area (Å²) in [7, 11) is -2.44. The van der Waals surface area contributed by atoms with Crippen LogP contribution in [0.4, 0.5) is 0 Å².